The van der Waals surface area contributed by atoms with Gasteiger partial charge in [-0.05, 0) is 35.9 Å². The zero-order valence-electron chi connectivity index (χ0n) is 16.3. The molecule has 0 spiro atoms. The summed E-state index contributed by atoms with van der Waals surface area (Å²) in [7, 11) is 0. The van der Waals surface area contributed by atoms with Gasteiger partial charge in [0.2, 0.25) is 5.91 Å². The lowest BCUT2D eigenvalue weighted by Crippen LogP contribution is -2.54. The van der Waals surface area contributed by atoms with Gasteiger partial charge in [-0.3, -0.25) is 9.59 Å². The Labute approximate surface area is 161 Å². The van der Waals surface area contributed by atoms with Crippen molar-refractivity contribution in [1.29, 1.82) is 0 Å². The van der Waals surface area contributed by atoms with E-state index in [1.165, 1.54) is 0 Å². The number of carbonyl (C=O) groups is 2. The number of hydrogen-bond acceptors (Lipinski definition) is 3. The van der Waals surface area contributed by atoms with Crippen LogP contribution in [0.25, 0.3) is 10.8 Å². The molecule has 5 heteroatoms. The molecule has 1 unspecified atom stereocenters. The fourth-order valence-electron chi connectivity index (χ4n) is 3.62. The summed E-state index contributed by atoms with van der Waals surface area (Å²) >= 11 is 0. The molecule has 2 aromatic rings. The maximum Gasteiger partial charge on any atom is 0.251 e. The quantitative estimate of drug-likeness (QED) is 0.854. The van der Waals surface area contributed by atoms with Crippen LogP contribution in [0.5, 0.6) is 0 Å². The predicted octanol–water partition coefficient (Wildman–Crippen LogP) is 2.90. The number of piperazine rings is 1. The summed E-state index contributed by atoms with van der Waals surface area (Å²) < 4.78 is 0. The molecule has 0 radical (unpaired) electrons. The average molecular weight is 367 g/mol. The number of fused-ring (bicyclic) bond motifs is 1. The standard InChI is InChI=1S/C22H29N3O2/c1-3-7-20(22(27)25-14-12-24(4-2)13-15-25)23-21(26)19-11-10-17-8-5-6-9-18(17)16-19/h5-6,8-11,16,20H,3-4,7,12-15H2,1-2H3,(H,23,26). The van der Waals surface area contributed by atoms with Gasteiger partial charge in [-0.1, -0.05) is 50.6 Å². The highest BCUT2D eigenvalue weighted by Gasteiger charge is 2.28. The molecule has 5 nitrogen and oxygen atoms in total. The minimum Gasteiger partial charge on any atom is -0.340 e. The zero-order chi connectivity index (χ0) is 19.2. The van der Waals surface area contributed by atoms with Crippen molar-refractivity contribution in [3.05, 3.63) is 48.0 Å². The summed E-state index contributed by atoms with van der Waals surface area (Å²) in [5.41, 5.74) is 0.596. The first-order valence-corrected chi connectivity index (χ1v) is 9.93. The average Bonchev–Trinajstić information content (AvgIpc) is 2.72. The third-order valence-electron chi connectivity index (χ3n) is 5.32. The number of hydrogen-bond donors (Lipinski definition) is 1. The van der Waals surface area contributed by atoms with Crippen molar-refractivity contribution in [1.82, 2.24) is 15.1 Å². The van der Waals surface area contributed by atoms with Crippen molar-refractivity contribution in [2.75, 3.05) is 32.7 Å². The summed E-state index contributed by atoms with van der Waals surface area (Å²) in [6.45, 7) is 8.47. The van der Waals surface area contributed by atoms with Crippen LogP contribution >= 0.6 is 0 Å². The van der Waals surface area contributed by atoms with E-state index in [0.29, 0.717) is 12.0 Å². The lowest BCUT2D eigenvalue weighted by atomic mass is 10.1. The third-order valence-corrected chi connectivity index (χ3v) is 5.32. The molecule has 0 aromatic heterocycles. The van der Waals surface area contributed by atoms with Crippen LogP contribution in [-0.2, 0) is 4.79 Å². The second kappa shape index (κ2) is 9.00. The van der Waals surface area contributed by atoms with Gasteiger partial charge < -0.3 is 15.1 Å². The number of likely N-dealkylation sites (N-methyl/N-ethyl adjacent to an activating group) is 1. The Morgan fingerprint density at radius 1 is 1.00 bits per heavy atom. The van der Waals surface area contributed by atoms with Gasteiger partial charge in [0.05, 0.1) is 0 Å². The predicted molar refractivity (Wildman–Crippen MR) is 109 cm³/mol. The molecule has 27 heavy (non-hydrogen) atoms. The molecule has 1 atom stereocenters. The van der Waals surface area contributed by atoms with Crippen LogP contribution in [0.2, 0.25) is 0 Å². The molecule has 1 heterocycles. The highest BCUT2D eigenvalue weighted by atomic mass is 16.2. The summed E-state index contributed by atoms with van der Waals surface area (Å²) in [6.07, 6.45) is 1.51. The van der Waals surface area contributed by atoms with Crippen molar-refractivity contribution in [3.8, 4) is 0 Å². The van der Waals surface area contributed by atoms with Crippen LogP contribution in [-0.4, -0.2) is 60.4 Å². The number of rotatable bonds is 6. The van der Waals surface area contributed by atoms with E-state index >= 15 is 0 Å². The molecule has 1 fully saturated rings. The summed E-state index contributed by atoms with van der Waals surface area (Å²) in [6, 6.07) is 13.2. The molecule has 0 bridgehead atoms. The molecule has 1 N–H and O–H groups in total. The summed E-state index contributed by atoms with van der Waals surface area (Å²) in [5.74, 6) is -0.138. The van der Waals surface area contributed by atoms with E-state index in [0.717, 1.165) is 49.9 Å². The van der Waals surface area contributed by atoms with Crippen molar-refractivity contribution < 1.29 is 9.59 Å². The SMILES string of the molecule is CCCC(NC(=O)c1ccc2ccccc2c1)C(=O)N1CCN(CC)CC1. The molecule has 2 aromatic carbocycles. The highest BCUT2D eigenvalue weighted by Crippen LogP contribution is 2.16. The van der Waals surface area contributed by atoms with Crippen LogP contribution in [0.4, 0.5) is 0 Å². The third kappa shape index (κ3) is 4.66. The van der Waals surface area contributed by atoms with Crippen LogP contribution < -0.4 is 5.32 Å². The van der Waals surface area contributed by atoms with Gasteiger partial charge in [-0.15, -0.1) is 0 Å². The van der Waals surface area contributed by atoms with Gasteiger partial charge in [0.25, 0.3) is 5.91 Å². The molecule has 144 valence electrons. The Morgan fingerprint density at radius 2 is 1.70 bits per heavy atom. The largest absolute Gasteiger partial charge is 0.340 e. The van der Waals surface area contributed by atoms with Crippen molar-refractivity contribution in [2.24, 2.45) is 0 Å². The molecule has 1 aliphatic rings. The normalized spacial score (nSPS) is 16.3. The van der Waals surface area contributed by atoms with E-state index in [-0.39, 0.29) is 11.8 Å². The van der Waals surface area contributed by atoms with Gasteiger partial charge in [0.15, 0.2) is 0 Å². The van der Waals surface area contributed by atoms with Crippen molar-refractivity contribution >= 4 is 22.6 Å². The van der Waals surface area contributed by atoms with Crippen molar-refractivity contribution in [2.45, 2.75) is 32.7 Å². The lowest BCUT2D eigenvalue weighted by molar-refractivity contribution is -0.135. The molecule has 0 aliphatic carbocycles. The Bertz CT molecular complexity index is 797. The molecular formula is C22H29N3O2. The lowest BCUT2D eigenvalue weighted by Gasteiger charge is -2.36. The number of carbonyl (C=O) groups excluding carboxylic acids is 2. The van der Waals surface area contributed by atoms with Crippen LogP contribution in [0.15, 0.2) is 42.5 Å². The Balaban J connectivity index is 1.69. The Morgan fingerprint density at radius 3 is 2.37 bits per heavy atom. The van der Waals surface area contributed by atoms with Crippen LogP contribution in [0, 0.1) is 0 Å². The van der Waals surface area contributed by atoms with Gasteiger partial charge in [0.1, 0.15) is 6.04 Å². The highest BCUT2D eigenvalue weighted by molar-refractivity contribution is 6.00. The maximum absolute atomic E-state index is 13.0. The van der Waals surface area contributed by atoms with Gasteiger partial charge in [-0.25, -0.2) is 0 Å². The second-order valence-electron chi connectivity index (χ2n) is 7.14. The van der Waals surface area contributed by atoms with E-state index in [4.69, 9.17) is 0 Å². The van der Waals surface area contributed by atoms with E-state index < -0.39 is 6.04 Å². The van der Waals surface area contributed by atoms with Gasteiger partial charge >= 0.3 is 0 Å². The Hall–Kier alpha value is -2.40. The van der Waals surface area contributed by atoms with E-state index in [1.54, 1.807) is 0 Å². The fraction of sp³-hybridized carbons (Fsp3) is 0.455. The van der Waals surface area contributed by atoms with Crippen LogP contribution in [0.1, 0.15) is 37.0 Å². The number of nitrogens with zero attached hydrogens (tertiary/aromatic N) is 2. The summed E-state index contributed by atoms with van der Waals surface area (Å²) in [5, 5.41) is 5.11. The first kappa shape index (κ1) is 19.4. The van der Waals surface area contributed by atoms with Crippen molar-refractivity contribution in [3.63, 3.8) is 0 Å². The first-order valence-electron chi connectivity index (χ1n) is 9.93. The molecule has 1 saturated heterocycles. The van der Waals surface area contributed by atoms with Gasteiger partial charge in [0, 0.05) is 31.7 Å². The molecule has 2 amide bonds. The van der Waals surface area contributed by atoms with E-state index in [2.05, 4.69) is 17.1 Å². The molecular weight excluding hydrogens is 338 g/mol. The zero-order valence-corrected chi connectivity index (χ0v) is 16.3. The second-order valence-corrected chi connectivity index (χ2v) is 7.14. The van der Waals surface area contributed by atoms with Gasteiger partial charge in [-0.2, -0.15) is 0 Å². The number of amides is 2. The summed E-state index contributed by atoms with van der Waals surface area (Å²) in [4.78, 5) is 30.0. The fourth-order valence-corrected chi connectivity index (χ4v) is 3.62. The first-order chi connectivity index (χ1) is 13.1. The molecule has 1 aliphatic heterocycles. The van der Waals surface area contributed by atoms with E-state index in [9.17, 15) is 9.59 Å². The van der Waals surface area contributed by atoms with Crippen LogP contribution in [0.3, 0.4) is 0 Å². The monoisotopic (exact) mass is 367 g/mol. The smallest absolute Gasteiger partial charge is 0.251 e. The minimum atomic E-state index is -0.456. The number of nitrogens with one attached hydrogen (secondary N) is 1. The topological polar surface area (TPSA) is 52.7 Å². The number of benzene rings is 2. The molecule has 0 saturated carbocycles. The van der Waals surface area contributed by atoms with E-state index in [1.807, 2.05) is 54.3 Å². The Kier molecular flexibility index (Phi) is 6.45. The molecule has 3 rings (SSSR count). The minimum absolute atomic E-state index is 0.0433. The maximum atomic E-state index is 13.0.